The summed E-state index contributed by atoms with van der Waals surface area (Å²) in [5.74, 6) is -0.327. The van der Waals surface area contributed by atoms with Crippen LogP contribution in [0.1, 0.15) is 17.3 Å². The third-order valence-corrected chi connectivity index (χ3v) is 2.87. The van der Waals surface area contributed by atoms with Gasteiger partial charge in [0.1, 0.15) is 0 Å². The predicted molar refractivity (Wildman–Crippen MR) is 67.2 cm³/mol. The van der Waals surface area contributed by atoms with Gasteiger partial charge in [-0.1, -0.05) is 0 Å². The monoisotopic (exact) mass is 294 g/mol. The van der Waals surface area contributed by atoms with Crippen LogP contribution >= 0.6 is 15.9 Å². The van der Waals surface area contributed by atoms with Crippen LogP contribution in [0, 0.1) is 0 Å². The first-order valence-electron chi connectivity index (χ1n) is 5.19. The predicted octanol–water partition coefficient (Wildman–Crippen LogP) is 2.81. The molecule has 1 heterocycles. The van der Waals surface area contributed by atoms with Gasteiger partial charge in [-0.05, 0) is 47.1 Å². The van der Waals surface area contributed by atoms with Crippen LogP contribution in [0.5, 0.6) is 0 Å². The van der Waals surface area contributed by atoms with E-state index in [4.69, 9.17) is 4.74 Å². The maximum absolute atomic E-state index is 11.6. The fraction of sp³-hybridized carbons (Fsp3) is 0.167. The molecule has 0 aliphatic heterocycles. The van der Waals surface area contributed by atoms with Crippen LogP contribution in [0.2, 0.25) is 0 Å². The second-order valence-electron chi connectivity index (χ2n) is 3.34. The second kappa shape index (κ2) is 5.14. The largest absolute Gasteiger partial charge is 0.462 e. The molecule has 2 rings (SSSR count). The van der Waals surface area contributed by atoms with Crippen molar-refractivity contribution in [1.29, 1.82) is 0 Å². The zero-order chi connectivity index (χ0) is 12.3. The summed E-state index contributed by atoms with van der Waals surface area (Å²) < 4.78 is 7.37. The van der Waals surface area contributed by atoms with Gasteiger partial charge in [0.15, 0.2) is 0 Å². The van der Waals surface area contributed by atoms with E-state index < -0.39 is 0 Å². The van der Waals surface area contributed by atoms with Gasteiger partial charge in [0, 0.05) is 16.9 Å². The van der Waals surface area contributed by atoms with Gasteiger partial charge in [-0.2, -0.15) is 5.10 Å². The van der Waals surface area contributed by atoms with E-state index in [1.165, 1.54) is 0 Å². The van der Waals surface area contributed by atoms with Crippen LogP contribution in [-0.2, 0) is 4.74 Å². The van der Waals surface area contributed by atoms with Crippen molar-refractivity contribution in [2.75, 3.05) is 6.61 Å². The molecule has 0 atom stereocenters. The number of carbonyl (C=O) groups is 1. The molecule has 1 aromatic heterocycles. The van der Waals surface area contributed by atoms with Gasteiger partial charge in [0.05, 0.1) is 17.9 Å². The van der Waals surface area contributed by atoms with Crippen LogP contribution < -0.4 is 0 Å². The van der Waals surface area contributed by atoms with E-state index in [0.717, 1.165) is 5.69 Å². The third-order valence-electron chi connectivity index (χ3n) is 2.22. The van der Waals surface area contributed by atoms with E-state index in [2.05, 4.69) is 21.0 Å². The Bertz CT molecular complexity index is 523. The zero-order valence-corrected chi connectivity index (χ0v) is 10.8. The number of esters is 1. The lowest BCUT2D eigenvalue weighted by molar-refractivity contribution is 0.0525. The van der Waals surface area contributed by atoms with Crippen molar-refractivity contribution in [1.82, 2.24) is 9.78 Å². The van der Waals surface area contributed by atoms with Crippen molar-refractivity contribution < 1.29 is 9.53 Å². The number of ether oxygens (including phenoxy) is 1. The molecule has 88 valence electrons. The van der Waals surface area contributed by atoms with Crippen molar-refractivity contribution in [2.24, 2.45) is 0 Å². The van der Waals surface area contributed by atoms with Gasteiger partial charge < -0.3 is 4.74 Å². The Hall–Kier alpha value is -1.62. The lowest BCUT2D eigenvalue weighted by Gasteiger charge is -2.06. The summed E-state index contributed by atoms with van der Waals surface area (Å²) in [6.07, 6.45) is 3.54. The number of aromatic nitrogens is 2. The average molecular weight is 295 g/mol. The topological polar surface area (TPSA) is 44.1 Å². The van der Waals surface area contributed by atoms with Crippen LogP contribution in [0.15, 0.2) is 41.1 Å². The van der Waals surface area contributed by atoms with E-state index in [1.807, 2.05) is 24.4 Å². The summed E-state index contributed by atoms with van der Waals surface area (Å²) in [4.78, 5) is 11.6. The van der Waals surface area contributed by atoms with Gasteiger partial charge in [-0.25, -0.2) is 9.48 Å². The minimum atomic E-state index is -0.327. The lowest BCUT2D eigenvalue weighted by atomic mass is 10.2. The number of halogens is 1. The molecule has 1 aromatic carbocycles. The highest BCUT2D eigenvalue weighted by molar-refractivity contribution is 9.10. The Morgan fingerprint density at radius 1 is 1.53 bits per heavy atom. The maximum Gasteiger partial charge on any atom is 0.339 e. The molecule has 4 nitrogen and oxygen atoms in total. The van der Waals surface area contributed by atoms with Gasteiger partial charge in [-0.15, -0.1) is 0 Å². The lowest BCUT2D eigenvalue weighted by Crippen LogP contribution is -2.06. The van der Waals surface area contributed by atoms with Crippen LogP contribution in [0.25, 0.3) is 5.69 Å². The molecule has 0 N–H and O–H groups in total. The Labute approximate surface area is 107 Å². The molecule has 0 unspecified atom stereocenters. The summed E-state index contributed by atoms with van der Waals surface area (Å²) in [5.41, 5.74) is 1.40. The Morgan fingerprint density at radius 3 is 2.94 bits per heavy atom. The van der Waals surface area contributed by atoms with E-state index >= 15 is 0 Å². The van der Waals surface area contributed by atoms with E-state index in [-0.39, 0.29) is 5.97 Å². The zero-order valence-electron chi connectivity index (χ0n) is 9.26. The third kappa shape index (κ3) is 2.55. The number of rotatable bonds is 3. The van der Waals surface area contributed by atoms with Crippen LogP contribution in [-0.4, -0.2) is 22.4 Å². The smallest absolute Gasteiger partial charge is 0.339 e. The Morgan fingerprint density at radius 2 is 2.35 bits per heavy atom. The number of hydrogen-bond acceptors (Lipinski definition) is 3. The maximum atomic E-state index is 11.6. The van der Waals surface area contributed by atoms with Crippen molar-refractivity contribution in [3.8, 4) is 5.69 Å². The van der Waals surface area contributed by atoms with Gasteiger partial charge in [0.25, 0.3) is 0 Å². The Kier molecular flexibility index (Phi) is 3.58. The van der Waals surface area contributed by atoms with E-state index in [0.29, 0.717) is 16.6 Å². The number of nitrogens with zero attached hydrogens (tertiary/aromatic N) is 2. The van der Waals surface area contributed by atoms with E-state index in [1.54, 1.807) is 23.9 Å². The molecular weight excluding hydrogens is 284 g/mol. The molecular formula is C12H11BrN2O2. The standard InChI is InChI=1S/C12H11BrN2O2/c1-2-17-12(16)10-5-4-9(8-11(10)13)15-7-3-6-14-15/h3-8H,2H2,1H3. The molecule has 0 amide bonds. The average Bonchev–Trinajstić information content (AvgIpc) is 2.82. The van der Waals surface area contributed by atoms with Gasteiger partial charge >= 0.3 is 5.97 Å². The molecule has 0 spiro atoms. The summed E-state index contributed by atoms with van der Waals surface area (Å²) in [6.45, 7) is 2.15. The highest BCUT2D eigenvalue weighted by Gasteiger charge is 2.11. The first-order valence-corrected chi connectivity index (χ1v) is 5.98. The molecule has 2 aromatic rings. The van der Waals surface area contributed by atoms with Crippen molar-refractivity contribution >= 4 is 21.9 Å². The fourth-order valence-corrected chi connectivity index (χ4v) is 1.97. The summed E-state index contributed by atoms with van der Waals surface area (Å²) >= 11 is 3.36. The number of benzene rings is 1. The number of carbonyl (C=O) groups excluding carboxylic acids is 1. The SMILES string of the molecule is CCOC(=O)c1ccc(-n2cccn2)cc1Br. The molecule has 0 aliphatic rings. The van der Waals surface area contributed by atoms with Crippen LogP contribution in [0.4, 0.5) is 0 Å². The summed E-state index contributed by atoms with van der Waals surface area (Å²) in [7, 11) is 0. The highest BCUT2D eigenvalue weighted by atomic mass is 79.9. The van der Waals surface area contributed by atoms with E-state index in [9.17, 15) is 4.79 Å². The highest BCUT2D eigenvalue weighted by Crippen LogP contribution is 2.21. The molecule has 17 heavy (non-hydrogen) atoms. The molecule has 0 bridgehead atoms. The normalized spacial score (nSPS) is 10.2. The molecule has 0 fully saturated rings. The fourth-order valence-electron chi connectivity index (χ4n) is 1.44. The minimum absolute atomic E-state index is 0.327. The molecule has 0 radical (unpaired) electrons. The summed E-state index contributed by atoms with van der Waals surface area (Å²) in [5, 5.41) is 4.12. The molecule has 0 aliphatic carbocycles. The van der Waals surface area contributed by atoms with Crippen LogP contribution in [0.3, 0.4) is 0 Å². The first-order chi connectivity index (χ1) is 8.22. The second-order valence-corrected chi connectivity index (χ2v) is 4.19. The van der Waals surface area contributed by atoms with Crippen molar-refractivity contribution in [3.63, 3.8) is 0 Å². The minimum Gasteiger partial charge on any atom is -0.462 e. The number of hydrogen-bond donors (Lipinski definition) is 0. The molecule has 0 saturated carbocycles. The van der Waals surface area contributed by atoms with Gasteiger partial charge in [-0.3, -0.25) is 0 Å². The first kappa shape index (κ1) is 11.9. The van der Waals surface area contributed by atoms with Gasteiger partial charge in [0.2, 0.25) is 0 Å². The molecule has 0 saturated heterocycles. The Balaban J connectivity index is 2.32. The van der Waals surface area contributed by atoms with Crippen molar-refractivity contribution in [2.45, 2.75) is 6.92 Å². The molecule has 5 heteroatoms. The quantitative estimate of drug-likeness (QED) is 0.818. The summed E-state index contributed by atoms with van der Waals surface area (Å²) in [6, 6.07) is 7.22. The van der Waals surface area contributed by atoms with Crippen molar-refractivity contribution in [3.05, 3.63) is 46.7 Å².